The highest BCUT2D eigenvalue weighted by Crippen LogP contribution is 2.38. The quantitative estimate of drug-likeness (QED) is 0.206. The van der Waals surface area contributed by atoms with Crippen molar-refractivity contribution in [2.75, 3.05) is 13.1 Å². The number of aromatic nitrogens is 3. The van der Waals surface area contributed by atoms with Crippen molar-refractivity contribution in [3.8, 4) is 0 Å². The molecule has 31 heavy (non-hydrogen) atoms. The number of rotatable bonds is 2. The summed E-state index contributed by atoms with van der Waals surface area (Å²) in [6.07, 6.45) is 7.20. The van der Waals surface area contributed by atoms with Crippen molar-refractivity contribution < 1.29 is 0 Å². The maximum absolute atomic E-state index is 13.0. The molecule has 1 aliphatic carbocycles. The lowest BCUT2D eigenvalue weighted by molar-refractivity contribution is 0.369. The molecule has 2 fully saturated rings. The number of hydrogen-bond donors (Lipinski definition) is 0. The molecule has 0 amide bonds. The second-order valence-corrected chi connectivity index (χ2v) is 11.1. The first-order chi connectivity index (χ1) is 15.1. The molecule has 0 spiro atoms. The summed E-state index contributed by atoms with van der Waals surface area (Å²) in [7, 11) is 0. The lowest BCUT2D eigenvalue weighted by atomic mass is 9.90. The zero-order chi connectivity index (χ0) is 21.1. The summed E-state index contributed by atoms with van der Waals surface area (Å²) in [4.78, 5) is 17.7. The van der Waals surface area contributed by atoms with Crippen LogP contribution in [-0.2, 0) is 0 Å². The highest BCUT2D eigenvalue weighted by atomic mass is 127. The second-order valence-electron chi connectivity index (χ2n) is 8.93. The predicted molar refractivity (Wildman–Crippen MR) is 137 cm³/mol. The molecule has 2 aliphatic rings. The number of imidazole rings is 1. The third-order valence-electron chi connectivity index (χ3n) is 7.16. The van der Waals surface area contributed by atoms with Gasteiger partial charge in [0.1, 0.15) is 0 Å². The number of hydrogen-bond acceptors (Lipinski definition) is 3. The van der Waals surface area contributed by atoms with Gasteiger partial charge in [-0.05, 0) is 77.4 Å². The number of nitrogens with zero attached hydrogens (tertiary/aromatic N) is 4. The van der Waals surface area contributed by atoms with E-state index in [0.717, 1.165) is 47.2 Å². The molecule has 4 aromatic rings. The Hall–Kier alpha value is -1.45. The van der Waals surface area contributed by atoms with Gasteiger partial charge in [0, 0.05) is 46.5 Å². The van der Waals surface area contributed by atoms with Crippen molar-refractivity contribution >= 4 is 66.5 Å². The number of fused-ring (bicyclic) bond motifs is 5. The molecule has 6 rings (SSSR count). The third-order valence-corrected chi connectivity index (χ3v) is 8.79. The van der Waals surface area contributed by atoms with Gasteiger partial charge in [0.2, 0.25) is 5.78 Å². The monoisotopic (exact) mass is 590 g/mol. The maximum Gasteiger partial charge on any atom is 0.283 e. The van der Waals surface area contributed by atoms with Crippen molar-refractivity contribution in [3.05, 3.63) is 56.8 Å². The first-order valence-electron chi connectivity index (χ1n) is 11.2. The summed E-state index contributed by atoms with van der Waals surface area (Å²) in [5, 5.41) is 0.656. The van der Waals surface area contributed by atoms with Gasteiger partial charge in [0.25, 0.3) is 5.56 Å². The van der Waals surface area contributed by atoms with Crippen LogP contribution in [0.4, 0.5) is 0 Å². The van der Waals surface area contributed by atoms with E-state index in [1.807, 2.05) is 18.2 Å². The van der Waals surface area contributed by atoms with Crippen molar-refractivity contribution in [3.63, 3.8) is 0 Å². The van der Waals surface area contributed by atoms with E-state index in [4.69, 9.17) is 0 Å². The van der Waals surface area contributed by atoms with Crippen LogP contribution in [0.25, 0.3) is 27.7 Å². The normalized spacial score (nSPS) is 19.3. The molecule has 7 heteroatoms. The predicted octanol–water partition coefficient (Wildman–Crippen LogP) is 6.21. The molecule has 0 atom stereocenters. The van der Waals surface area contributed by atoms with Crippen LogP contribution in [0.3, 0.4) is 0 Å². The van der Waals surface area contributed by atoms with E-state index in [2.05, 4.69) is 74.1 Å². The van der Waals surface area contributed by atoms with Crippen molar-refractivity contribution in [1.82, 2.24) is 17.1 Å². The third kappa shape index (κ3) is 3.26. The van der Waals surface area contributed by atoms with Gasteiger partial charge < -0.3 is 4.57 Å². The topological polar surface area (TPSA) is 42.5 Å². The minimum atomic E-state index is -0.154. The molecule has 0 unspecified atom stereocenters. The van der Waals surface area contributed by atoms with Gasteiger partial charge in [-0.2, -0.15) is 4.98 Å². The van der Waals surface area contributed by atoms with E-state index in [1.165, 1.54) is 36.8 Å². The van der Waals surface area contributed by atoms with Gasteiger partial charge in [-0.15, -0.1) is 0 Å². The van der Waals surface area contributed by atoms with E-state index in [1.54, 1.807) is 0 Å². The molecule has 0 bridgehead atoms. The summed E-state index contributed by atoms with van der Waals surface area (Å²) in [6, 6.07) is 13.3. The van der Waals surface area contributed by atoms with Crippen LogP contribution in [0.5, 0.6) is 0 Å². The Balaban J connectivity index is 1.66. The van der Waals surface area contributed by atoms with E-state index < -0.39 is 0 Å². The van der Waals surface area contributed by atoms with E-state index >= 15 is 0 Å². The smallest absolute Gasteiger partial charge is 0.283 e. The van der Waals surface area contributed by atoms with Crippen LogP contribution in [0, 0.1) is 0 Å². The molecule has 0 radical (unpaired) electrons. The number of halogens is 2. The first-order valence-corrected chi connectivity index (χ1v) is 12.9. The molecular weight excluding hydrogens is 567 g/mol. The summed E-state index contributed by atoms with van der Waals surface area (Å²) < 4.78 is 7.77. The van der Waals surface area contributed by atoms with Gasteiger partial charge >= 0.3 is 0 Å². The Morgan fingerprint density at radius 2 is 1.74 bits per heavy atom. The van der Waals surface area contributed by atoms with Crippen LogP contribution < -0.4 is 5.56 Å². The first kappa shape index (κ1) is 20.2. The Bertz CT molecular complexity index is 1360. The van der Waals surface area contributed by atoms with Crippen LogP contribution in [-0.4, -0.2) is 30.2 Å². The molecule has 1 saturated carbocycles. The molecule has 3 heterocycles. The zero-order valence-corrected chi connectivity index (χ0v) is 21.0. The highest BCUT2D eigenvalue weighted by Gasteiger charge is 2.26. The number of piperidine rings is 1. The average Bonchev–Trinajstić information content (AvgIpc) is 3.39. The highest BCUT2D eigenvalue weighted by molar-refractivity contribution is 14.1. The molecular formula is C24H24BrIN4O. The van der Waals surface area contributed by atoms with Crippen LogP contribution in [0.2, 0.25) is 0 Å². The minimum absolute atomic E-state index is 0.154. The van der Waals surface area contributed by atoms with Gasteiger partial charge in [-0.3, -0.25) is 9.20 Å². The Labute approximate surface area is 203 Å². The Morgan fingerprint density at radius 3 is 2.52 bits per heavy atom. The molecule has 2 aromatic carbocycles. The Morgan fingerprint density at radius 1 is 0.968 bits per heavy atom. The van der Waals surface area contributed by atoms with Gasteiger partial charge in [0.05, 0.1) is 21.9 Å². The van der Waals surface area contributed by atoms with E-state index in [0.29, 0.717) is 17.3 Å². The van der Waals surface area contributed by atoms with E-state index in [-0.39, 0.29) is 5.56 Å². The van der Waals surface area contributed by atoms with E-state index in [9.17, 15) is 4.79 Å². The number of benzene rings is 2. The lowest BCUT2D eigenvalue weighted by Crippen LogP contribution is -2.24. The minimum Gasteiger partial charge on any atom is -0.306 e. The lowest BCUT2D eigenvalue weighted by Gasteiger charge is -2.27. The standard InChI is InChI=1S/C24H24BrIN4O/c25-18-6-3-7-20-22(18)23(31)27-24-29(17-4-1-2-5-17)21-14-16(8-9-19(21)30(20)24)15-10-12-28(26)13-11-15/h3,6-9,14-15,17H,1-2,4-5,10-13H2. The van der Waals surface area contributed by atoms with Crippen molar-refractivity contribution in [1.29, 1.82) is 0 Å². The maximum atomic E-state index is 13.0. The fraction of sp³-hybridized carbons (Fsp3) is 0.417. The summed E-state index contributed by atoms with van der Waals surface area (Å²) in [5.41, 5.74) is 4.57. The molecule has 5 nitrogen and oxygen atoms in total. The average molecular weight is 591 g/mol. The fourth-order valence-electron chi connectivity index (χ4n) is 5.60. The SMILES string of the molecule is O=c1nc2n(C3CCCC3)c3cc(C4CCN(I)CC4)ccc3n2c2cccc(Br)c12. The van der Waals surface area contributed by atoms with Crippen molar-refractivity contribution in [2.24, 2.45) is 0 Å². The van der Waals surface area contributed by atoms with Crippen LogP contribution in [0.1, 0.15) is 56.0 Å². The molecule has 2 aromatic heterocycles. The molecule has 1 saturated heterocycles. The van der Waals surface area contributed by atoms with Crippen LogP contribution >= 0.6 is 38.8 Å². The van der Waals surface area contributed by atoms with Crippen LogP contribution in [0.15, 0.2) is 45.7 Å². The largest absolute Gasteiger partial charge is 0.306 e. The molecule has 0 N–H and O–H groups in total. The van der Waals surface area contributed by atoms with Gasteiger partial charge in [-0.1, -0.05) is 25.0 Å². The van der Waals surface area contributed by atoms with Gasteiger partial charge in [0.15, 0.2) is 0 Å². The summed E-state index contributed by atoms with van der Waals surface area (Å²) in [5.74, 6) is 1.39. The fourth-order valence-corrected chi connectivity index (χ4v) is 6.68. The second kappa shape index (κ2) is 7.85. The molecule has 1 aliphatic heterocycles. The Kier molecular flexibility index (Phi) is 5.11. The van der Waals surface area contributed by atoms with Crippen molar-refractivity contribution in [2.45, 2.75) is 50.5 Å². The zero-order valence-electron chi connectivity index (χ0n) is 17.2. The van der Waals surface area contributed by atoms with Gasteiger partial charge in [-0.25, -0.2) is 3.11 Å². The summed E-state index contributed by atoms with van der Waals surface area (Å²) >= 11 is 6.01. The molecule has 160 valence electrons. The summed E-state index contributed by atoms with van der Waals surface area (Å²) in [6.45, 7) is 2.28.